The van der Waals surface area contributed by atoms with E-state index in [9.17, 15) is 4.79 Å². The van der Waals surface area contributed by atoms with Crippen molar-refractivity contribution in [2.24, 2.45) is 0 Å². The van der Waals surface area contributed by atoms with Gasteiger partial charge in [-0.05, 0) is 60.8 Å². The van der Waals surface area contributed by atoms with Crippen LogP contribution in [-0.2, 0) is 0 Å². The van der Waals surface area contributed by atoms with Gasteiger partial charge in [-0.1, -0.05) is 23.8 Å². The van der Waals surface area contributed by atoms with E-state index in [4.69, 9.17) is 9.84 Å². The van der Waals surface area contributed by atoms with E-state index in [1.54, 1.807) is 23.1 Å². The molecule has 0 saturated carbocycles. The van der Waals surface area contributed by atoms with Crippen molar-refractivity contribution < 1.29 is 9.53 Å². The summed E-state index contributed by atoms with van der Waals surface area (Å²) < 4.78 is 7.04. The zero-order valence-corrected chi connectivity index (χ0v) is 19.6. The van der Waals surface area contributed by atoms with Gasteiger partial charge in [-0.2, -0.15) is 5.10 Å². The standard InChI is InChI=1S/C26H26N4O2S/c1-19-5-7-21(8-6-19)30-24(18-23(27-30)25-4-3-17-33-25)26(31)29-15-13-28(14-16-29)20-9-11-22(32-2)12-10-20/h3-12,17-18H,13-16H2,1-2H3. The molecule has 7 heteroatoms. The third kappa shape index (κ3) is 4.36. The Hall–Kier alpha value is -3.58. The number of carbonyl (C=O) groups excluding carboxylic acids is 1. The average Bonchev–Trinajstić information content (AvgIpc) is 3.55. The van der Waals surface area contributed by atoms with Crippen molar-refractivity contribution >= 4 is 22.9 Å². The lowest BCUT2D eigenvalue weighted by Gasteiger charge is -2.36. The molecule has 0 unspecified atom stereocenters. The number of thiophene rings is 1. The molecule has 4 aromatic rings. The summed E-state index contributed by atoms with van der Waals surface area (Å²) in [5.41, 5.74) is 4.63. The van der Waals surface area contributed by atoms with Crippen LogP contribution in [0, 0.1) is 6.92 Å². The fourth-order valence-corrected chi connectivity index (χ4v) is 4.77. The molecule has 0 spiro atoms. The first kappa shape index (κ1) is 21.3. The summed E-state index contributed by atoms with van der Waals surface area (Å²) in [5, 5.41) is 6.83. The molecule has 5 rings (SSSR count). The van der Waals surface area contributed by atoms with Crippen LogP contribution in [0.1, 0.15) is 16.1 Å². The van der Waals surface area contributed by atoms with Gasteiger partial charge in [0.05, 0.1) is 17.7 Å². The number of amides is 1. The number of anilines is 1. The van der Waals surface area contributed by atoms with Crippen LogP contribution in [0.5, 0.6) is 5.75 Å². The van der Waals surface area contributed by atoms with Crippen molar-refractivity contribution in [3.05, 3.63) is 83.4 Å². The number of methoxy groups -OCH3 is 1. The first-order chi connectivity index (χ1) is 16.1. The third-order valence-corrected chi connectivity index (χ3v) is 6.88. The van der Waals surface area contributed by atoms with Crippen molar-refractivity contribution in [3.63, 3.8) is 0 Å². The van der Waals surface area contributed by atoms with Gasteiger partial charge in [0.1, 0.15) is 17.1 Å². The second kappa shape index (κ2) is 9.11. The first-order valence-corrected chi connectivity index (χ1v) is 11.9. The number of carbonyl (C=O) groups is 1. The van der Waals surface area contributed by atoms with Gasteiger partial charge in [-0.15, -0.1) is 11.3 Å². The molecular weight excluding hydrogens is 432 g/mol. The number of benzene rings is 2. The van der Waals surface area contributed by atoms with Crippen molar-refractivity contribution in [3.8, 4) is 22.0 Å². The van der Waals surface area contributed by atoms with Crippen molar-refractivity contribution in [2.45, 2.75) is 6.92 Å². The summed E-state index contributed by atoms with van der Waals surface area (Å²) in [7, 11) is 1.67. The van der Waals surface area contributed by atoms with Gasteiger partial charge >= 0.3 is 0 Å². The number of rotatable bonds is 5. The minimum absolute atomic E-state index is 0.0141. The number of aromatic nitrogens is 2. The molecule has 0 bridgehead atoms. The van der Waals surface area contributed by atoms with E-state index in [0.717, 1.165) is 40.8 Å². The molecule has 6 nitrogen and oxygen atoms in total. The summed E-state index contributed by atoms with van der Waals surface area (Å²) in [6.07, 6.45) is 0. The van der Waals surface area contributed by atoms with E-state index < -0.39 is 0 Å². The second-order valence-corrected chi connectivity index (χ2v) is 9.06. The van der Waals surface area contributed by atoms with Gasteiger partial charge in [0.15, 0.2) is 0 Å². The molecular formula is C26H26N4O2S. The van der Waals surface area contributed by atoms with Crippen molar-refractivity contribution in [2.75, 3.05) is 38.2 Å². The molecule has 1 saturated heterocycles. The highest BCUT2D eigenvalue weighted by molar-refractivity contribution is 7.13. The van der Waals surface area contributed by atoms with E-state index in [1.807, 2.05) is 64.9 Å². The highest BCUT2D eigenvalue weighted by Gasteiger charge is 2.26. The molecule has 0 aliphatic carbocycles. The minimum atomic E-state index is 0.0141. The van der Waals surface area contributed by atoms with Gasteiger partial charge in [0.2, 0.25) is 0 Å². The molecule has 1 fully saturated rings. The second-order valence-electron chi connectivity index (χ2n) is 8.12. The molecule has 1 amide bonds. The number of aryl methyl sites for hydroxylation is 1. The van der Waals surface area contributed by atoms with Crippen LogP contribution in [0.4, 0.5) is 5.69 Å². The van der Waals surface area contributed by atoms with E-state index in [2.05, 4.69) is 24.0 Å². The largest absolute Gasteiger partial charge is 0.497 e. The van der Waals surface area contributed by atoms with E-state index in [0.29, 0.717) is 18.8 Å². The van der Waals surface area contributed by atoms with Gasteiger partial charge in [-0.25, -0.2) is 4.68 Å². The highest BCUT2D eigenvalue weighted by atomic mass is 32.1. The molecule has 3 heterocycles. The maximum Gasteiger partial charge on any atom is 0.272 e. The zero-order valence-electron chi connectivity index (χ0n) is 18.8. The van der Waals surface area contributed by atoms with Gasteiger partial charge in [0.25, 0.3) is 5.91 Å². The zero-order chi connectivity index (χ0) is 22.8. The van der Waals surface area contributed by atoms with Gasteiger partial charge < -0.3 is 14.5 Å². The molecule has 168 valence electrons. The number of ether oxygens (including phenoxy) is 1. The number of hydrogen-bond donors (Lipinski definition) is 0. The number of hydrogen-bond acceptors (Lipinski definition) is 5. The van der Waals surface area contributed by atoms with Crippen LogP contribution >= 0.6 is 11.3 Å². The van der Waals surface area contributed by atoms with Crippen LogP contribution < -0.4 is 9.64 Å². The van der Waals surface area contributed by atoms with Crippen molar-refractivity contribution in [1.29, 1.82) is 0 Å². The lowest BCUT2D eigenvalue weighted by molar-refractivity contribution is 0.0737. The SMILES string of the molecule is COc1ccc(N2CCN(C(=O)c3cc(-c4cccs4)nn3-c3ccc(C)cc3)CC2)cc1. The van der Waals surface area contributed by atoms with Crippen molar-refractivity contribution in [1.82, 2.24) is 14.7 Å². The van der Waals surface area contributed by atoms with Crippen LogP contribution in [-0.4, -0.2) is 53.9 Å². The summed E-state index contributed by atoms with van der Waals surface area (Å²) in [6.45, 7) is 4.96. The van der Waals surface area contributed by atoms with Crippen LogP contribution in [0.25, 0.3) is 16.3 Å². The summed E-state index contributed by atoms with van der Waals surface area (Å²) in [6, 6.07) is 22.2. The number of piperazine rings is 1. The van der Waals surface area contributed by atoms with Crippen LogP contribution in [0.2, 0.25) is 0 Å². The molecule has 33 heavy (non-hydrogen) atoms. The van der Waals surface area contributed by atoms with Crippen LogP contribution in [0.3, 0.4) is 0 Å². The quantitative estimate of drug-likeness (QED) is 0.428. The first-order valence-electron chi connectivity index (χ1n) is 11.0. The predicted octanol–water partition coefficient (Wildman–Crippen LogP) is 4.88. The Labute approximate surface area is 197 Å². The van der Waals surface area contributed by atoms with Crippen LogP contribution in [0.15, 0.2) is 72.1 Å². The predicted molar refractivity (Wildman–Crippen MR) is 133 cm³/mol. The highest BCUT2D eigenvalue weighted by Crippen LogP contribution is 2.27. The topological polar surface area (TPSA) is 50.6 Å². The Bertz CT molecular complexity index is 1220. The fourth-order valence-electron chi connectivity index (χ4n) is 4.08. The smallest absolute Gasteiger partial charge is 0.272 e. The molecule has 2 aromatic heterocycles. The molecule has 0 N–H and O–H groups in total. The molecule has 0 radical (unpaired) electrons. The Kier molecular flexibility index (Phi) is 5.88. The number of nitrogens with zero attached hydrogens (tertiary/aromatic N) is 4. The Morgan fingerprint density at radius 1 is 0.939 bits per heavy atom. The molecule has 1 aliphatic heterocycles. The molecule has 2 aromatic carbocycles. The van der Waals surface area contributed by atoms with E-state index >= 15 is 0 Å². The van der Waals surface area contributed by atoms with E-state index in [-0.39, 0.29) is 5.91 Å². The lowest BCUT2D eigenvalue weighted by Crippen LogP contribution is -2.49. The maximum absolute atomic E-state index is 13.6. The molecule has 0 atom stereocenters. The van der Waals surface area contributed by atoms with Gasteiger partial charge in [-0.3, -0.25) is 4.79 Å². The summed E-state index contributed by atoms with van der Waals surface area (Å²) >= 11 is 1.63. The lowest BCUT2D eigenvalue weighted by atomic mass is 10.2. The Balaban J connectivity index is 1.38. The minimum Gasteiger partial charge on any atom is -0.497 e. The van der Waals surface area contributed by atoms with Gasteiger partial charge in [0, 0.05) is 31.9 Å². The third-order valence-electron chi connectivity index (χ3n) is 5.99. The average molecular weight is 459 g/mol. The maximum atomic E-state index is 13.6. The Morgan fingerprint density at radius 3 is 2.27 bits per heavy atom. The monoisotopic (exact) mass is 458 g/mol. The summed E-state index contributed by atoms with van der Waals surface area (Å²) in [5.74, 6) is 0.860. The Morgan fingerprint density at radius 2 is 1.64 bits per heavy atom. The fraction of sp³-hybridized carbons (Fsp3) is 0.231. The molecule has 1 aliphatic rings. The normalized spacial score (nSPS) is 13.9. The summed E-state index contributed by atoms with van der Waals surface area (Å²) in [4.78, 5) is 18.9. The van der Waals surface area contributed by atoms with E-state index in [1.165, 1.54) is 5.56 Å².